The monoisotopic (exact) mass is 198 g/mol. The van der Waals surface area contributed by atoms with E-state index in [-0.39, 0.29) is 6.42 Å². The number of carboxylic acid groups (broad SMARTS) is 1. The van der Waals surface area contributed by atoms with Gasteiger partial charge in [-0.3, -0.25) is 4.79 Å². The molecule has 0 aliphatic carbocycles. The molecule has 0 spiro atoms. The minimum absolute atomic E-state index is 0.121. The van der Waals surface area contributed by atoms with Gasteiger partial charge in [-0.1, -0.05) is 0 Å². The Morgan fingerprint density at radius 2 is 2.50 bits per heavy atom. The molecule has 5 nitrogen and oxygen atoms in total. The molecule has 0 aliphatic heterocycles. The van der Waals surface area contributed by atoms with Gasteiger partial charge in [-0.25, -0.2) is 4.98 Å². The molecule has 0 unspecified atom stereocenters. The maximum atomic E-state index is 10.4. The maximum absolute atomic E-state index is 10.4. The highest BCUT2D eigenvalue weighted by Gasteiger charge is 2.04. The van der Waals surface area contributed by atoms with Gasteiger partial charge in [0.25, 0.3) is 0 Å². The number of hydrogen-bond acceptors (Lipinski definition) is 3. The smallest absolute Gasteiger partial charge is 0.305 e. The number of hydrogen-bond donors (Lipinski definition) is 1. The summed E-state index contributed by atoms with van der Waals surface area (Å²) in [6.07, 6.45) is 4.29. The van der Waals surface area contributed by atoms with Crippen LogP contribution in [0.25, 0.3) is 0 Å². The third-order valence-electron chi connectivity index (χ3n) is 1.90. The lowest BCUT2D eigenvalue weighted by Gasteiger charge is -2.05. The molecule has 1 heterocycles. The molecule has 1 aromatic rings. The zero-order chi connectivity index (χ0) is 10.4. The lowest BCUT2D eigenvalue weighted by atomic mass is 10.4. The number of nitrogens with zero attached hydrogens (tertiary/aromatic N) is 2. The van der Waals surface area contributed by atoms with Gasteiger partial charge in [-0.2, -0.15) is 0 Å². The first-order chi connectivity index (χ1) is 6.74. The molecule has 0 saturated carbocycles. The zero-order valence-electron chi connectivity index (χ0n) is 8.14. The Hall–Kier alpha value is -1.36. The molecule has 14 heavy (non-hydrogen) atoms. The van der Waals surface area contributed by atoms with Crippen LogP contribution in [0, 0.1) is 0 Å². The van der Waals surface area contributed by atoms with Crippen LogP contribution in [0.1, 0.15) is 12.2 Å². The summed E-state index contributed by atoms with van der Waals surface area (Å²) in [5.74, 6) is 0.0736. The van der Waals surface area contributed by atoms with Crippen molar-refractivity contribution in [1.82, 2.24) is 9.55 Å². The third-order valence-corrected chi connectivity index (χ3v) is 1.90. The normalized spacial score (nSPS) is 10.4. The van der Waals surface area contributed by atoms with Gasteiger partial charge in [0, 0.05) is 32.5 Å². The van der Waals surface area contributed by atoms with Gasteiger partial charge < -0.3 is 14.4 Å². The van der Waals surface area contributed by atoms with Crippen molar-refractivity contribution < 1.29 is 14.6 Å². The first kappa shape index (κ1) is 10.7. The van der Waals surface area contributed by atoms with E-state index in [0.717, 1.165) is 5.82 Å². The van der Waals surface area contributed by atoms with Crippen LogP contribution in [0.2, 0.25) is 0 Å². The van der Waals surface area contributed by atoms with Crippen LogP contribution in [-0.2, 0) is 22.5 Å². The van der Waals surface area contributed by atoms with Crippen LogP contribution in [0.3, 0.4) is 0 Å². The Kier molecular flexibility index (Phi) is 4.12. The van der Waals surface area contributed by atoms with Crippen molar-refractivity contribution in [3.05, 3.63) is 18.2 Å². The average Bonchev–Trinajstić information content (AvgIpc) is 2.58. The van der Waals surface area contributed by atoms with Crippen LogP contribution in [0.15, 0.2) is 12.4 Å². The predicted octanol–water partition coefficient (Wildman–Crippen LogP) is 0.547. The van der Waals surface area contributed by atoms with Crippen LogP contribution in [0.4, 0.5) is 0 Å². The van der Waals surface area contributed by atoms with Crippen molar-refractivity contribution in [2.45, 2.75) is 19.4 Å². The second-order valence-corrected chi connectivity index (χ2v) is 2.92. The van der Waals surface area contributed by atoms with Gasteiger partial charge in [0.1, 0.15) is 5.82 Å². The minimum atomic E-state index is -0.795. The molecule has 5 heteroatoms. The van der Waals surface area contributed by atoms with E-state index in [0.29, 0.717) is 19.6 Å². The summed E-state index contributed by atoms with van der Waals surface area (Å²) in [5.41, 5.74) is 0. The highest BCUT2D eigenvalue weighted by atomic mass is 16.5. The van der Waals surface area contributed by atoms with E-state index < -0.39 is 5.97 Å². The molecule has 0 saturated heterocycles. The fourth-order valence-electron chi connectivity index (χ4n) is 1.18. The van der Waals surface area contributed by atoms with E-state index in [4.69, 9.17) is 9.84 Å². The summed E-state index contributed by atoms with van der Waals surface area (Å²) in [6, 6.07) is 0. The van der Waals surface area contributed by atoms with Crippen LogP contribution < -0.4 is 0 Å². The fraction of sp³-hybridized carbons (Fsp3) is 0.556. The van der Waals surface area contributed by atoms with E-state index in [2.05, 4.69) is 4.98 Å². The predicted molar refractivity (Wildman–Crippen MR) is 50.1 cm³/mol. The van der Waals surface area contributed by atoms with Crippen LogP contribution in [0.5, 0.6) is 0 Å². The lowest BCUT2D eigenvalue weighted by molar-refractivity contribution is -0.137. The average molecular weight is 198 g/mol. The van der Waals surface area contributed by atoms with E-state index in [1.807, 2.05) is 4.57 Å². The van der Waals surface area contributed by atoms with Gasteiger partial charge >= 0.3 is 5.97 Å². The molecule has 0 aromatic carbocycles. The van der Waals surface area contributed by atoms with Gasteiger partial charge in [0.2, 0.25) is 0 Å². The summed E-state index contributed by atoms with van der Waals surface area (Å²) < 4.78 is 6.77. The Labute approximate surface area is 82.3 Å². The molecule has 1 rings (SSSR count). The topological polar surface area (TPSA) is 64.4 Å². The number of carboxylic acids is 1. The third kappa shape index (κ3) is 3.18. The highest BCUT2D eigenvalue weighted by Crippen LogP contribution is 2.00. The molecule has 0 amide bonds. The number of aliphatic carboxylic acids is 1. The maximum Gasteiger partial charge on any atom is 0.305 e. The van der Waals surface area contributed by atoms with E-state index in [1.165, 1.54) is 0 Å². The number of aromatic nitrogens is 2. The van der Waals surface area contributed by atoms with Crippen molar-refractivity contribution in [3.8, 4) is 0 Å². The molecule has 1 aromatic heterocycles. The van der Waals surface area contributed by atoms with Crippen molar-refractivity contribution in [2.75, 3.05) is 13.7 Å². The standard InChI is InChI=1S/C9H14N2O3/c1-14-7-3-8-10-4-6-11(8)5-2-9(12)13/h4,6H,2-3,5,7H2,1H3,(H,12,13). The summed E-state index contributed by atoms with van der Waals surface area (Å²) in [7, 11) is 1.63. The second kappa shape index (κ2) is 5.39. The minimum Gasteiger partial charge on any atom is -0.481 e. The number of methoxy groups -OCH3 is 1. The highest BCUT2D eigenvalue weighted by molar-refractivity contribution is 5.66. The first-order valence-electron chi connectivity index (χ1n) is 4.44. The molecular formula is C9H14N2O3. The van der Waals surface area contributed by atoms with E-state index >= 15 is 0 Å². The van der Waals surface area contributed by atoms with E-state index in [9.17, 15) is 4.79 Å². The Morgan fingerprint density at radius 1 is 1.71 bits per heavy atom. The number of rotatable bonds is 6. The Bertz CT molecular complexity index is 296. The zero-order valence-corrected chi connectivity index (χ0v) is 8.14. The van der Waals surface area contributed by atoms with Gasteiger partial charge in [0.05, 0.1) is 13.0 Å². The summed E-state index contributed by atoms with van der Waals surface area (Å²) in [5, 5.41) is 8.52. The lowest BCUT2D eigenvalue weighted by Crippen LogP contribution is -2.09. The molecule has 0 aliphatic rings. The summed E-state index contributed by atoms with van der Waals surface area (Å²) in [4.78, 5) is 14.5. The van der Waals surface area contributed by atoms with Crippen molar-refractivity contribution in [2.24, 2.45) is 0 Å². The largest absolute Gasteiger partial charge is 0.481 e. The molecule has 1 N–H and O–H groups in total. The number of ether oxygens (including phenoxy) is 1. The number of imidazole rings is 1. The van der Waals surface area contributed by atoms with Crippen molar-refractivity contribution >= 4 is 5.97 Å². The SMILES string of the molecule is COCCc1nccn1CCC(=O)O. The van der Waals surface area contributed by atoms with Crippen LogP contribution >= 0.6 is 0 Å². The molecular weight excluding hydrogens is 184 g/mol. The second-order valence-electron chi connectivity index (χ2n) is 2.92. The Morgan fingerprint density at radius 3 is 3.14 bits per heavy atom. The number of aryl methyl sites for hydroxylation is 1. The van der Waals surface area contributed by atoms with Crippen molar-refractivity contribution in [3.63, 3.8) is 0 Å². The first-order valence-corrected chi connectivity index (χ1v) is 4.44. The van der Waals surface area contributed by atoms with Gasteiger partial charge in [0.15, 0.2) is 0 Å². The summed E-state index contributed by atoms with van der Waals surface area (Å²) in [6.45, 7) is 1.07. The van der Waals surface area contributed by atoms with Crippen LogP contribution in [-0.4, -0.2) is 34.3 Å². The van der Waals surface area contributed by atoms with Gasteiger partial charge in [-0.15, -0.1) is 0 Å². The van der Waals surface area contributed by atoms with Crippen molar-refractivity contribution in [1.29, 1.82) is 0 Å². The number of carbonyl (C=O) groups is 1. The molecule has 0 atom stereocenters. The molecule has 78 valence electrons. The quantitative estimate of drug-likeness (QED) is 0.724. The Balaban J connectivity index is 2.49. The molecule has 0 bridgehead atoms. The molecule has 0 fully saturated rings. The van der Waals surface area contributed by atoms with Gasteiger partial charge in [-0.05, 0) is 0 Å². The van der Waals surface area contributed by atoms with E-state index in [1.54, 1.807) is 19.5 Å². The fourth-order valence-corrected chi connectivity index (χ4v) is 1.18. The summed E-state index contributed by atoms with van der Waals surface area (Å²) >= 11 is 0. The molecule has 0 radical (unpaired) electrons.